The average Bonchev–Trinajstić information content (AvgIpc) is 2.72. The third kappa shape index (κ3) is 4.12. The van der Waals surface area contributed by atoms with Crippen molar-refractivity contribution in [2.24, 2.45) is 0 Å². The highest BCUT2D eigenvalue weighted by molar-refractivity contribution is 6.01. The highest BCUT2D eigenvalue weighted by atomic mass is 16.5. The normalized spacial score (nSPS) is 11.6. The fourth-order valence-corrected chi connectivity index (χ4v) is 2.82. The van der Waals surface area contributed by atoms with E-state index in [4.69, 9.17) is 9.47 Å². The van der Waals surface area contributed by atoms with Gasteiger partial charge in [-0.2, -0.15) is 0 Å². The van der Waals surface area contributed by atoms with Gasteiger partial charge >= 0.3 is 0 Å². The molecule has 0 radical (unpaired) electrons. The van der Waals surface area contributed by atoms with Gasteiger partial charge in [0.2, 0.25) is 0 Å². The number of methoxy groups -OCH3 is 1. The molecule has 1 unspecified atom stereocenters. The van der Waals surface area contributed by atoms with Crippen LogP contribution in [-0.4, -0.2) is 12.9 Å². The zero-order valence-electron chi connectivity index (χ0n) is 15.0. The van der Waals surface area contributed by atoms with Crippen molar-refractivity contribution >= 4 is 5.78 Å². The minimum absolute atomic E-state index is 0.0594. The van der Waals surface area contributed by atoms with E-state index >= 15 is 0 Å². The molecule has 26 heavy (non-hydrogen) atoms. The molecule has 0 amide bonds. The Morgan fingerprint density at radius 1 is 0.885 bits per heavy atom. The number of carbonyl (C=O) groups is 1. The van der Waals surface area contributed by atoms with Crippen LogP contribution in [0.2, 0.25) is 0 Å². The van der Waals surface area contributed by atoms with E-state index in [2.05, 4.69) is 0 Å². The molecule has 3 rings (SSSR count). The second kappa shape index (κ2) is 8.34. The molecule has 3 nitrogen and oxygen atoms in total. The largest absolute Gasteiger partial charge is 0.493 e. The zero-order chi connectivity index (χ0) is 18.4. The van der Waals surface area contributed by atoms with Gasteiger partial charge in [-0.05, 0) is 29.3 Å². The van der Waals surface area contributed by atoms with Crippen molar-refractivity contribution in [3.63, 3.8) is 0 Å². The van der Waals surface area contributed by atoms with E-state index in [9.17, 15) is 4.79 Å². The quantitative estimate of drug-likeness (QED) is 0.547. The number of ether oxygens (including phenoxy) is 2. The molecule has 132 valence electrons. The van der Waals surface area contributed by atoms with Crippen LogP contribution in [0.3, 0.4) is 0 Å². The fraction of sp³-hybridized carbons (Fsp3) is 0.174. The summed E-state index contributed by atoms with van der Waals surface area (Å²) in [5.74, 6) is 1.04. The lowest BCUT2D eigenvalue weighted by Gasteiger charge is -2.14. The summed E-state index contributed by atoms with van der Waals surface area (Å²) >= 11 is 0. The van der Waals surface area contributed by atoms with E-state index in [-0.39, 0.29) is 11.7 Å². The van der Waals surface area contributed by atoms with Gasteiger partial charge in [0, 0.05) is 11.5 Å². The number of carbonyl (C=O) groups excluding carboxylic acids is 1. The number of rotatable bonds is 7. The minimum atomic E-state index is -0.211. The summed E-state index contributed by atoms with van der Waals surface area (Å²) in [6.07, 6.45) is 0. The van der Waals surface area contributed by atoms with Crippen molar-refractivity contribution in [1.82, 2.24) is 0 Å². The standard InChI is InChI=1S/C23H22O3/c1-17(19-11-7-4-8-12-19)23(24)20-13-14-21(22(15-20)25-2)26-16-18-9-5-3-6-10-18/h3-15,17H,16H2,1-2H3. The van der Waals surface area contributed by atoms with Gasteiger partial charge in [0.1, 0.15) is 6.61 Å². The maximum Gasteiger partial charge on any atom is 0.170 e. The Morgan fingerprint density at radius 3 is 2.19 bits per heavy atom. The summed E-state index contributed by atoms with van der Waals surface area (Å²) in [4.78, 5) is 12.8. The third-order valence-electron chi connectivity index (χ3n) is 4.38. The number of benzene rings is 3. The van der Waals surface area contributed by atoms with Crippen molar-refractivity contribution < 1.29 is 14.3 Å². The Kier molecular flexibility index (Phi) is 5.69. The van der Waals surface area contributed by atoms with Gasteiger partial charge in [-0.3, -0.25) is 4.79 Å². The number of hydrogen-bond acceptors (Lipinski definition) is 3. The van der Waals surface area contributed by atoms with E-state index in [0.717, 1.165) is 11.1 Å². The van der Waals surface area contributed by atoms with Crippen LogP contribution in [0, 0.1) is 0 Å². The molecule has 0 heterocycles. The average molecular weight is 346 g/mol. The predicted molar refractivity (Wildman–Crippen MR) is 103 cm³/mol. The maximum atomic E-state index is 12.8. The highest BCUT2D eigenvalue weighted by Gasteiger charge is 2.19. The van der Waals surface area contributed by atoms with Gasteiger partial charge in [-0.25, -0.2) is 0 Å². The van der Waals surface area contributed by atoms with Crippen molar-refractivity contribution in [3.8, 4) is 11.5 Å². The van der Waals surface area contributed by atoms with Gasteiger partial charge in [-0.1, -0.05) is 67.6 Å². The lowest BCUT2D eigenvalue weighted by molar-refractivity contribution is 0.0965. The molecule has 1 atom stereocenters. The predicted octanol–water partition coefficient (Wildman–Crippen LogP) is 5.26. The van der Waals surface area contributed by atoms with Gasteiger partial charge in [0.25, 0.3) is 0 Å². The molecule has 0 aliphatic carbocycles. The topological polar surface area (TPSA) is 35.5 Å². The van der Waals surface area contributed by atoms with Gasteiger partial charge in [0.05, 0.1) is 7.11 Å². The first-order valence-corrected chi connectivity index (χ1v) is 8.63. The van der Waals surface area contributed by atoms with E-state index in [1.54, 1.807) is 25.3 Å². The molecular weight excluding hydrogens is 324 g/mol. The molecule has 0 N–H and O–H groups in total. The summed E-state index contributed by atoms with van der Waals surface area (Å²) in [6.45, 7) is 2.37. The number of ketones is 1. The van der Waals surface area contributed by atoms with Crippen LogP contribution < -0.4 is 9.47 Å². The Hall–Kier alpha value is -3.07. The molecule has 0 aliphatic heterocycles. The smallest absolute Gasteiger partial charge is 0.170 e. The van der Waals surface area contributed by atoms with E-state index in [1.807, 2.05) is 67.6 Å². The minimum Gasteiger partial charge on any atom is -0.493 e. The van der Waals surface area contributed by atoms with Gasteiger partial charge < -0.3 is 9.47 Å². The second-order valence-corrected chi connectivity index (χ2v) is 6.14. The molecule has 3 aromatic rings. The molecule has 0 fully saturated rings. The van der Waals surface area contributed by atoms with Crippen LogP contribution >= 0.6 is 0 Å². The lowest BCUT2D eigenvalue weighted by Crippen LogP contribution is -2.10. The Balaban J connectivity index is 1.76. The maximum absolute atomic E-state index is 12.8. The van der Waals surface area contributed by atoms with Crippen LogP contribution in [0.4, 0.5) is 0 Å². The molecular formula is C23H22O3. The summed E-state index contributed by atoms with van der Waals surface area (Å²) < 4.78 is 11.3. The van der Waals surface area contributed by atoms with Crippen LogP contribution in [0.15, 0.2) is 78.9 Å². The van der Waals surface area contributed by atoms with E-state index < -0.39 is 0 Å². The second-order valence-electron chi connectivity index (χ2n) is 6.14. The molecule has 3 heteroatoms. The van der Waals surface area contributed by atoms with Gasteiger partial charge in [0.15, 0.2) is 17.3 Å². The third-order valence-corrected chi connectivity index (χ3v) is 4.38. The first-order valence-electron chi connectivity index (χ1n) is 8.63. The van der Waals surface area contributed by atoms with Crippen molar-refractivity contribution in [1.29, 1.82) is 0 Å². The first kappa shape index (κ1) is 17.7. The summed E-state index contributed by atoms with van der Waals surface area (Å²) in [5.41, 5.74) is 2.69. The monoisotopic (exact) mass is 346 g/mol. The molecule has 0 bridgehead atoms. The molecule has 0 saturated heterocycles. The molecule has 0 aromatic heterocycles. The van der Waals surface area contributed by atoms with Crippen LogP contribution in [0.25, 0.3) is 0 Å². The van der Waals surface area contributed by atoms with Crippen molar-refractivity contribution in [2.75, 3.05) is 7.11 Å². The number of hydrogen-bond donors (Lipinski definition) is 0. The Morgan fingerprint density at radius 2 is 1.54 bits per heavy atom. The highest BCUT2D eigenvalue weighted by Crippen LogP contribution is 2.31. The Labute approximate surface area is 154 Å². The van der Waals surface area contributed by atoms with E-state index in [1.165, 1.54) is 0 Å². The van der Waals surface area contributed by atoms with Gasteiger partial charge in [-0.15, -0.1) is 0 Å². The molecule has 0 aliphatic rings. The fourth-order valence-electron chi connectivity index (χ4n) is 2.82. The molecule has 0 saturated carbocycles. The van der Waals surface area contributed by atoms with Crippen molar-refractivity contribution in [3.05, 3.63) is 95.6 Å². The Bertz CT molecular complexity index is 857. The van der Waals surface area contributed by atoms with Crippen molar-refractivity contribution in [2.45, 2.75) is 19.4 Å². The number of Topliss-reactive ketones (excluding diaryl/α,β-unsaturated/α-hetero) is 1. The SMILES string of the molecule is COc1cc(C(=O)C(C)c2ccccc2)ccc1OCc1ccccc1. The first-order chi connectivity index (χ1) is 12.7. The molecule has 3 aromatic carbocycles. The summed E-state index contributed by atoms with van der Waals surface area (Å²) in [6, 6.07) is 25.1. The van der Waals surface area contributed by atoms with Crippen LogP contribution in [0.1, 0.15) is 34.3 Å². The lowest BCUT2D eigenvalue weighted by atomic mass is 9.92. The summed E-state index contributed by atoms with van der Waals surface area (Å²) in [5, 5.41) is 0. The van der Waals surface area contributed by atoms with E-state index in [0.29, 0.717) is 23.7 Å². The summed E-state index contributed by atoms with van der Waals surface area (Å²) in [7, 11) is 1.58. The van der Waals surface area contributed by atoms with Crippen LogP contribution in [-0.2, 0) is 6.61 Å². The molecule has 0 spiro atoms. The van der Waals surface area contributed by atoms with Crippen LogP contribution in [0.5, 0.6) is 11.5 Å². The zero-order valence-corrected chi connectivity index (χ0v) is 15.0.